The second-order valence-corrected chi connectivity index (χ2v) is 12.3. The van der Waals surface area contributed by atoms with E-state index in [0.29, 0.717) is 28.7 Å². The molecule has 2 aliphatic rings. The van der Waals surface area contributed by atoms with E-state index in [1.165, 1.54) is 0 Å². The van der Waals surface area contributed by atoms with Crippen molar-refractivity contribution in [2.75, 3.05) is 13.1 Å². The highest BCUT2D eigenvalue weighted by Gasteiger charge is 2.40. The van der Waals surface area contributed by atoms with Crippen LogP contribution in [0.5, 0.6) is 0 Å². The molecule has 2 heterocycles. The zero-order valence-electron chi connectivity index (χ0n) is 24.0. The van der Waals surface area contributed by atoms with Crippen molar-refractivity contribution < 1.29 is 30.8 Å². The Morgan fingerprint density at radius 3 is 1.24 bits per heavy atom. The van der Waals surface area contributed by atoms with Crippen LogP contribution in [0.1, 0.15) is 24.0 Å². The zero-order valence-corrected chi connectivity index (χ0v) is 24.0. The third-order valence-corrected chi connectivity index (χ3v) is 9.66. The van der Waals surface area contributed by atoms with E-state index >= 15 is 0 Å². The molecule has 0 amide bonds. The van der Waals surface area contributed by atoms with Crippen molar-refractivity contribution in [1.29, 1.82) is 0 Å². The first-order valence-corrected chi connectivity index (χ1v) is 15.0. The molecule has 0 aromatic heterocycles. The van der Waals surface area contributed by atoms with E-state index in [2.05, 4.69) is 0 Å². The molecule has 0 radical (unpaired) electrons. The van der Waals surface area contributed by atoms with Crippen molar-refractivity contribution in [2.24, 2.45) is 0 Å². The Morgan fingerprint density at radius 1 is 0.467 bits per heavy atom. The fraction of sp³-hybridized carbons (Fsp3) is 0.158. The van der Waals surface area contributed by atoms with Gasteiger partial charge < -0.3 is 4.48 Å². The first-order chi connectivity index (χ1) is 21.7. The number of nitrogens with zero attached hydrogens (tertiary/aromatic N) is 1. The number of hydrogen-bond acceptors (Lipinski definition) is 0. The van der Waals surface area contributed by atoms with Gasteiger partial charge in [-0.15, -0.1) is 0 Å². The van der Waals surface area contributed by atoms with E-state index in [-0.39, 0.29) is 11.1 Å². The maximum atomic E-state index is 14.7. The Balaban J connectivity index is 1.57. The highest BCUT2D eigenvalue weighted by atomic mass is 19.2. The van der Waals surface area contributed by atoms with Gasteiger partial charge in [0.15, 0.2) is 34.9 Å². The molecule has 0 saturated carbocycles. The van der Waals surface area contributed by atoms with E-state index in [9.17, 15) is 26.3 Å². The maximum Gasteiger partial charge on any atom is 0.194 e. The summed E-state index contributed by atoms with van der Waals surface area (Å²) in [5.41, 5.74) is 5.16. The highest BCUT2D eigenvalue weighted by molar-refractivity contribution is 6.11. The van der Waals surface area contributed by atoms with Gasteiger partial charge >= 0.3 is 0 Å². The molecule has 1 fully saturated rings. The number of hydrogen-bond donors (Lipinski definition) is 0. The predicted octanol–water partition coefficient (Wildman–Crippen LogP) is 10.5. The van der Waals surface area contributed by atoms with Gasteiger partial charge in [0.25, 0.3) is 0 Å². The van der Waals surface area contributed by atoms with E-state index in [4.69, 9.17) is 0 Å². The summed E-state index contributed by atoms with van der Waals surface area (Å²) in [7, 11) is 0. The minimum atomic E-state index is -1.52. The van der Waals surface area contributed by atoms with Crippen molar-refractivity contribution in [2.45, 2.75) is 25.9 Å². The lowest BCUT2D eigenvalue weighted by molar-refractivity contribution is -0.942. The van der Waals surface area contributed by atoms with Crippen molar-refractivity contribution in [3.63, 3.8) is 0 Å². The maximum absolute atomic E-state index is 14.7. The largest absolute Gasteiger partial charge is 0.316 e. The Hall–Kier alpha value is -4.62. The number of halogens is 6. The number of fused-ring (bicyclic) bond motifs is 7. The first kappa shape index (κ1) is 27.9. The molecule has 2 aliphatic heterocycles. The molecule has 0 N–H and O–H groups in total. The minimum absolute atomic E-state index is 0.234. The summed E-state index contributed by atoms with van der Waals surface area (Å²) in [6, 6.07) is 23.5. The molecule has 0 atom stereocenters. The van der Waals surface area contributed by atoms with Gasteiger partial charge in [0.2, 0.25) is 0 Å². The molecular weight excluding hydrogens is 584 g/mol. The quantitative estimate of drug-likeness (QED) is 0.104. The third-order valence-electron chi connectivity index (χ3n) is 9.66. The molecule has 1 nitrogen and oxygen atoms in total. The number of rotatable bonds is 2. The molecule has 1 spiro atoms. The van der Waals surface area contributed by atoms with Crippen LogP contribution in [0.15, 0.2) is 84.9 Å². The molecule has 0 aliphatic carbocycles. The normalized spacial score (nSPS) is 15.4. The molecule has 0 bridgehead atoms. The summed E-state index contributed by atoms with van der Waals surface area (Å²) in [6.45, 7) is 2.72. The molecule has 224 valence electrons. The number of quaternary nitrogens is 1. The molecule has 1 saturated heterocycles. The van der Waals surface area contributed by atoms with Crippen LogP contribution in [-0.4, -0.2) is 17.6 Å². The zero-order chi connectivity index (χ0) is 31.0. The summed E-state index contributed by atoms with van der Waals surface area (Å²) >= 11 is 0. The van der Waals surface area contributed by atoms with Crippen LogP contribution in [0.3, 0.4) is 0 Å². The predicted molar refractivity (Wildman–Crippen MR) is 164 cm³/mol. The third kappa shape index (κ3) is 4.36. The lowest BCUT2D eigenvalue weighted by Gasteiger charge is -2.34. The van der Waals surface area contributed by atoms with E-state index in [0.717, 1.165) is 94.0 Å². The van der Waals surface area contributed by atoms with E-state index < -0.39 is 34.9 Å². The van der Waals surface area contributed by atoms with Crippen LogP contribution in [0.4, 0.5) is 26.3 Å². The monoisotopic (exact) mass is 610 g/mol. The second-order valence-electron chi connectivity index (χ2n) is 12.3. The van der Waals surface area contributed by atoms with Crippen LogP contribution < -0.4 is 0 Å². The van der Waals surface area contributed by atoms with Gasteiger partial charge in [-0.3, -0.25) is 0 Å². The molecular formula is C38H26F6N+. The first-order valence-electron chi connectivity index (χ1n) is 15.0. The van der Waals surface area contributed by atoms with Crippen molar-refractivity contribution in [3.8, 4) is 33.4 Å². The smallest absolute Gasteiger partial charge is 0.194 e. The fourth-order valence-electron chi connectivity index (χ4n) is 7.67. The molecule has 7 heteroatoms. The fourth-order valence-corrected chi connectivity index (χ4v) is 7.67. The standard InChI is InChI=1S/C38H26F6N/c39-31-15-23(16-32(40)37(31)43)27-13-21-7-1-3-9-25(21)35-29(27)19-45(11-5-6-12-45)20-30-28(24-17-33(41)38(44)34(42)18-24)14-22-8-2-4-10-26(22)36(30)35/h1-4,7-10,13-18H,5-6,11-12,19-20H2/q+1. The molecule has 45 heavy (non-hydrogen) atoms. The van der Waals surface area contributed by atoms with E-state index in [1.54, 1.807) is 0 Å². The summed E-state index contributed by atoms with van der Waals surface area (Å²) in [5, 5.41) is 3.48. The number of benzene rings is 6. The van der Waals surface area contributed by atoms with Crippen molar-refractivity contribution in [3.05, 3.63) is 131 Å². The molecule has 6 aromatic rings. The van der Waals surface area contributed by atoms with Gasteiger partial charge in [-0.25, -0.2) is 26.3 Å². The average Bonchev–Trinajstić information content (AvgIpc) is 3.43. The summed E-state index contributed by atoms with van der Waals surface area (Å²) in [5.74, 6) is -8.10. The highest BCUT2D eigenvalue weighted by Crippen LogP contribution is 2.50. The Morgan fingerprint density at radius 2 is 0.844 bits per heavy atom. The summed E-state index contributed by atoms with van der Waals surface area (Å²) < 4.78 is 87.8. The van der Waals surface area contributed by atoms with Gasteiger partial charge in [-0.1, -0.05) is 48.5 Å². The van der Waals surface area contributed by atoms with Crippen LogP contribution in [0, 0.1) is 34.9 Å². The van der Waals surface area contributed by atoms with Gasteiger partial charge in [-0.2, -0.15) is 0 Å². The topological polar surface area (TPSA) is 0 Å². The Kier molecular flexibility index (Phi) is 6.33. The lowest BCUT2D eigenvalue weighted by Crippen LogP contribution is -2.43. The Bertz CT molecular complexity index is 2000. The SMILES string of the molecule is Fc1cc(-c2cc3ccccc3c3c2C[N+]2(CCCC2)Cc2c(-c4cc(F)c(F)c(F)c4)cc4ccccc4c2-3)cc(F)c1F. The van der Waals surface area contributed by atoms with Gasteiger partial charge in [0, 0.05) is 35.1 Å². The summed E-state index contributed by atoms with van der Waals surface area (Å²) in [6.07, 6.45) is 1.94. The second kappa shape index (κ2) is 10.2. The van der Waals surface area contributed by atoms with Gasteiger partial charge in [0.1, 0.15) is 13.1 Å². The Labute approximate surface area is 255 Å². The molecule has 0 unspecified atom stereocenters. The minimum Gasteiger partial charge on any atom is -0.316 e. The van der Waals surface area contributed by atoms with Crippen molar-refractivity contribution in [1.82, 2.24) is 0 Å². The van der Waals surface area contributed by atoms with Gasteiger partial charge in [-0.05, 0) is 80.2 Å². The average molecular weight is 611 g/mol. The van der Waals surface area contributed by atoms with Gasteiger partial charge in [0.05, 0.1) is 13.1 Å². The lowest BCUT2D eigenvalue weighted by atomic mass is 9.82. The van der Waals surface area contributed by atoms with Crippen LogP contribution in [0.2, 0.25) is 0 Å². The van der Waals surface area contributed by atoms with Crippen LogP contribution >= 0.6 is 0 Å². The van der Waals surface area contributed by atoms with Crippen LogP contribution in [0.25, 0.3) is 54.9 Å². The van der Waals surface area contributed by atoms with E-state index in [1.807, 2.05) is 60.7 Å². The molecule has 6 aromatic carbocycles. The van der Waals surface area contributed by atoms with Crippen molar-refractivity contribution >= 4 is 21.5 Å². The molecule has 8 rings (SSSR count). The van der Waals surface area contributed by atoms with Crippen LogP contribution in [-0.2, 0) is 13.1 Å². The summed E-state index contributed by atoms with van der Waals surface area (Å²) in [4.78, 5) is 0.